The van der Waals surface area contributed by atoms with Crippen molar-refractivity contribution in [2.75, 3.05) is 13.7 Å². The van der Waals surface area contributed by atoms with Crippen molar-refractivity contribution in [1.29, 1.82) is 0 Å². The molecular formula is C16H16FNO3. The molecule has 110 valence electrons. The van der Waals surface area contributed by atoms with Gasteiger partial charge in [-0.05, 0) is 44.2 Å². The predicted molar refractivity (Wildman–Crippen MR) is 76.9 cm³/mol. The zero-order valence-electron chi connectivity index (χ0n) is 12.1. The second-order valence-corrected chi connectivity index (χ2v) is 4.40. The van der Waals surface area contributed by atoms with E-state index >= 15 is 0 Å². The number of carbonyl (C=O) groups excluding carboxylic acids is 1. The number of ether oxygens (including phenoxy) is 2. The Morgan fingerprint density at radius 1 is 1.29 bits per heavy atom. The van der Waals surface area contributed by atoms with Crippen LogP contribution < -0.4 is 4.74 Å². The minimum absolute atomic E-state index is 0.179. The molecule has 1 heterocycles. The molecule has 0 bridgehead atoms. The fraction of sp³-hybridized carbons (Fsp3) is 0.250. The van der Waals surface area contributed by atoms with Crippen LogP contribution in [0.15, 0.2) is 30.3 Å². The molecule has 0 aliphatic carbocycles. The normalized spacial score (nSPS) is 10.3. The largest absolute Gasteiger partial charge is 0.494 e. The summed E-state index contributed by atoms with van der Waals surface area (Å²) < 4.78 is 23.5. The van der Waals surface area contributed by atoms with Crippen LogP contribution in [0.1, 0.15) is 23.0 Å². The van der Waals surface area contributed by atoms with Crippen molar-refractivity contribution >= 4 is 5.97 Å². The highest BCUT2D eigenvalue weighted by Gasteiger charge is 2.13. The third kappa shape index (κ3) is 3.18. The van der Waals surface area contributed by atoms with Crippen LogP contribution in [0.3, 0.4) is 0 Å². The van der Waals surface area contributed by atoms with Crippen LogP contribution in [0.25, 0.3) is 11.3 Å². The van der Waals surface area contributed by atoms with E-state index in [2.05, 4.69) is 4.98 Å². The van der Waals surface area contributed by atoms with Crippen LogP contribution >= 0.6 is 0 Å². The van der Waals surface area contributed by atoms with E-state index in [1.165, 1.54) is 13.2 Å². The number of hydrogen-bond donors (Lipinski definition) is 0. The van der Waals surface area contributed by atoms with E-state index in [0.717, 1.165) is 0 Å². The van der Waals surface area contributed by atoms with Gasteiger partial charge < -0.3 is 9.47 Å². The lowest BCUT2D eigenvalue weighted by Crippen LogP contribution is -2.08. The molecule has 0 amide bonds. The summed E-state index contributed by atoms with van der Waals surface area (Å²) in [5.74, 6) is -0.683. The fourth-order valence-corrected chi connectivity index (χ4v) is 1.97. The maximum atomic E-state index is 13.7. The van der Waals surface area contributed by atoms with Gasteiger partial charge in [0.05, 0.1) is 30.7 Å². The zero-order chi connectivity index (χ0) is 15.4. The third-order valence-corrected chi connectivity index (χ3v) is 3.03. The summed E-state index contributed by atoms with van der Waals surface area (Å²) in [7, 11) is 1.41. The van der Waals surface area contributed by atoms with Crippen LogP contribution in [0, 0.1) is 12.7 Å². The number of benzene rings is 1. The van der Waals surface area contributed by atoms with Gasteiger partial charge in [0.25, 0.3) is 0 Å². The number of nitrogens with zero attached hydrogens (tertiary/aromatic N) is 1. The van der Waals surface area contributed by atoms with E-state index in [9.17, 15) is 9.18 Å². The molecule has 0 radical (unpaired) electrons. The molecule has 0 atom stereocenters. The fourth-order valence-electron chi connectivity index (χ4n) is 1.97. The Balaban J connectivity index is 2.36. The molecule has 21 heavy (non-hydrogen) atoms. The minimum atomic E-state index is -0.455. The van der Waals surface area contributed by atoms with Crippen LogP contribution in [0.4, 0.5) is 4.39 Å². The van der Waals surface area contributed by atoms with E-state index in [1.54, 1.807) is 38.1 Å². The average Bonchev–Trinajstić information content (AvgIpc) is 2.47. The van der Waals surface area contributed by atoms with Crippen molar-refractivity contribution in [2.24, 2.45) is 0 Å². The molecule has 0 unspecified atom stereocenters. The molecule has 4 nitrogen and oxygen atoms in total. The van der Waals surface area contributed by atoms with Gasteiger partial charge in [0.1, 0.15) is 0 Å². The smallest absolute Gasteiger partial charge is 0.339 e. The summed E-state index contributed by atoms with van der Waals surface area (Å²) in [6.45, 7) is 3.77. The van der Waals surface area contributed by atoms with E-state index < -0.39 is 11.8 Å². The lowest BCUT2D eigenvalue weighted by atomic mass is 10.1. The number of carbonyl (C=O) groups is 1. The summed E-state index contributed by atoms with van der Waals surface area (Å²) >= 11 is 0. The minimum Gasteiger partial charge on any atom is -0.494 e. The second-order valence-electron chi connectivity index (χ2n) is 4.40. The summed E-state index contributed by atoms with van der Waals surface area (Å²) in [6.07, 6.45) is 0. The molecule has 0 spiro atoms. The number of methoxy groups -OCH3 is 1. The lowest BCUT2D eigenvalue weighted by molar-refractivity contribution is 0.0525. The molecule has 0 aliphatic heterocycles. The monoisotopic (exact) mass is 289 g/mol. The van der Waals surface area contributed by atoms with E-state index in [-0.39, 0.29) is 5.75 Å². The number of esters is 1. The van der Waals surface area contributed by atoms with Crippen LogP contribution in [0.5, 0.6) is 5.75 Å². The molecule has 0 aliphatic rings. The highest BCUT2D eigenvalue weighted by molar-refractivity contribution is 5.90. The van der Waals surface area contributed by atoms with Crippen molar-refractivity contribution < 1.29 is 18.7 Å². The van der Waals surface area contributed by atoms with Crippen molar-refractivity contribution in [1.82, 2.24) is 4.98 Å². The van der Waals surface area contributed by atoms with Crippen molar-refractivity contribution in [3.63, 3.8) is 0 Å². The van der Waals surface area contributed by atoms with E-state index in [1.807, 2.05) is 0 Å². The molecule has 2 rings (SSSR count). The lowest BCUT2D eigenvalue weighted by Gasteiger charge is -2.08. The van der Waals surface area contributed by atoms with Crippen LogP contribution in [-0.2, 0) is 4.74 Å². The molecule has 0 N–H and O–H groups in total. The van der Waals surface area contributed by atoms with Gasteiger partial charge in [-0.2, -0.15) is 0 Å². The predicted octanol–water partition coefficient (Wildman–Crippen LogP) is 3.38. The topological polar surface area (TPSA) is 48.4 Å². The summed E-state index contributed by atoms with van der Waals surface area (Å²) in [4.78, 5) is 16.0. The Bertz CT molecular complexity index is 671. The Morgan fingerprint density at radius 3 is 2.62 bits per heavy atom. The number of rotatable bonds is 4. The Morgan fingerprint density at radius 2 is 2.05 bits per heavy atom. The molecule has 0 saturated carbocycles. The number of aromatic nitrogens is 1. The summed E-state index contributed by atoms with van der Waals surface area (Å²) in [5.41, 5.74) is 2.16. The first-order valence-corrected chi connectivity index (χ1v) is 6.55. The first-order valence-electron chi connectivity index (χ1n) is 6.55. The highest BCUT2D eigenvalue weighted by atomic mass is 19.1. The third-order valence-electron chi connectivity index (χ3n) is 3.03. The maximum Gasteiger partial charge on any atom is 0.339 e. The highest BCUT2D eigenvalue weighted by Crippen LogP contribution is 2.25. The van der Waals surface area contributed by atoms with E-state index in [0.29, 0.717) is 29.1 Å². The van der Waals surface area contributed by atoms with Gasteiger partial charge in [-0.25, -0.2) is 9.18 Å². The number of pyridine rings is 1. The maximum absolute atomic E-state index is 13.7. The van der Waals surface area contributed by atoms with Crippen molar-refractivity contribution in [2.45, 2.75) is 13.8 Å². The van der Waals surface area contributed by atoms with Gasteiger partial charge in [0.2, 0.25) is 0 Å². The molecule has 2 aromatic rings. The van der Waals surface area contributed by atoms with Gasteiger partial charge in [-0.15, -0.1) is 0 Å². The molecule has 0 saturated heterocycles. The van der Waals surface area contributed by atoms with Gasteiger partial charge in [-0.3, -0.25) is 4.98 Å². The molecule has 1 aromatic heterocycles. The first-order chi connectivity index (χ1) is 10.1. The Kier molecular flexibility index (Phi) is 4.52. The second kappa shape index (κ2) is 6.35. The molecule has 1 aromatic carbocycles. The van der Waals surface area contributed by atoms with E-state index in [4.69, 9.17) is 9.47 Å². The summed E-state index contributed by atoms with van der Waals surface area (Å²) in [6, 6.07) is 7.91. The van der Waals surface area contributed by atoms with Crippen LogP contribution in [0.2, 0.25) is 0 Å². The quantitative estimate of drug-likeness (QED) is 0.810. The SMILES string of the molecule is CCOC(=O)c1ccc(-c2ccc(OC)c(F)c2)nc1C. The van der Waals surface area contributed by atoms with Gasteiger partial charge in [-0.1, -0.05) is 0 Å². The molecule has 5 heteroatoms. The Hall–Kier alpha value is -2.43. The van der Waals surface area contributed by atoms with Crippen LogP contribution in [-0.4, -0.2) is 24.7 Å². The molecule has 0 fully saturated rings. The zero-order valence-corrected chi connectivity index (χ0v) is 12.1. The number of aryl methyl sites for hydroxylation is 1. The van der Waals surface area contributed by atoms with Gasteiger partial charge in [0, 0.05) is 5.56 Å². The number of hydrogen-bond acceptors (Lipinski definition) is 4. The average molecular weight is 289 g/mol. The summed E-state index contributed by atoms with van der Waals surface area (Å²) in [5, 5.41) is 0. The standard InChI is InChI=1S/C16H16FNO3/c1-4-21-16(19)12-6-7-14(18-10(12)2)11-5-8-15(20-3)13(17)9-11/h5-9H,4H2,1-3H3. The van der Waals surface area contributed by atoms with Crippen molar-refractivity contribution in [3.8, 4) is 17.0 Å². The first kappa shape index (κ1) is 15.0. The Labute approximate surface area is 122 Å². The van der Waals surface area contributed by atoms with Gasteiger partial charge in [0.15, 0.2) is 11.6 Å². The molecular weight excluding hydrogens is 273 g/mol. The van der Waals surface area contributed by atoms with Gasteiger partial charge >= 0.3 is 5.97 Å². The van der Waals surface area contributed by atoms with Crippen molar-refractivity contribution in [3.05, 3.63) is 47.4 Å². The number of halogens is 1.